The van der Waals surface area contributed by atoms with E-state index in [0.29, 0.717) is 6.16 Å². The number of hydrogen-bond acceptors (Lipinski definition) is 2. The average Bonchev–Trinajstić information content (AvgIpc) is 2.97. The second kappa shape index (κ2) is 7.71. The molecule has 0 N–H and O–H groups in total. The van der Waals surface area contributed by atoms with Crippen molar-refractivity contribution >= 4 is 13.6 Å². The van der Waals surface area contributed by atoms with Crippen LogP contribution in [0.15, 0.2) is 12.1 Å². The lowest BCUT2D eigenvalue weighted by molar-refractivity contribution is 0.0939. The molecular weight excluding hydrogens is 303 g/mol. The minimum absolute atomic E-state index is 0.155. The Morgan fingerprint density at radius 1 is 1.09 bits per heavy atom. The van der Waals surface area contributed by atoms with E-state index in [1.807, 2.05) is 13.8 Å². The smallest absolute Gasteiger partial charge is 0.289 e. The summed E-state index contributed by atoms with van der Waals surface area (Å²) in [4.78, 5) is 13.4. The summed E-state index contributed by atoms with van der Waals surface area (Å²) in [6, 6.07) is 4.15. The quantitative estimate of drug-likeness (QED) is 0.342. The number of Topliss-reactive ketones (excluding diaryl/α,β-unsaturated/α-hetero) is 1. The van der Waals surface area contributed by atoms with Gasteiger partial charge in [0, 0.05) is 18.4 Å². The van der Waals surface area contributed by atoms with Crippen LogP contribution >= 0.6 is 7.80 Å². The second-order valence-electron chi connectivity index (χ2n) is 7.15. The Bertz CT molecular complexity index is 575. The molecule has 1 fully saturated rings. The molecule has 126 valence electrons. The summed E-state index contributed by atoms with van der Waals surface area (Å²) in [5.41, 5.74) is 4.09. The number of ketones is 1. The van der Waals surface area contributed by atoms with Crippen LogP contribution in [0.1, 0.15) is 78.9 Å². The number of carbonyl (C=O) groups is 1. The molecule has 23 heavy (non-hydrogen) atoms. The van der Waals surface area contributed by atoms with E-state index in [2.05, 4.69) is 26.0 Å². The Kier molecular flexibility index (Phi) is 6.14. The summed E-state index contributed by atoms with van der Waals surface area (Å²) in [6.45, 7) is 8.24. The minimum Gasteiger partial charge on any atom is -0.289 e. The Morgan fingerprint density at radius 3 is 2.17 bits per heavy atom. The van der Waals surface area contributed by atoms with Crippen LogP contribution in [-0.4, -0.2) is 17.1 Å². The van der Waals surface area contributed by atoms with E-state index in [0.717, 1.165) is 61.6 Å². The zero-order valence-electron chi connectivity index (χ0n) is 15.1. The topological polar surface area (TPSA) is 34.1 Å². The van der Waals surface area contributed by atoms with Gasteiger partial charge in [0.05, 0.1) is 0 Å². The van der Waals surface area contributed by atoms with E-state index in [-0.39, 0.29) is 5.78 Å². The highest BCUT2D eigenvalue weighted by atomic mass is 31.1. The normalized spacial score (nSPS) is 17.3. The van der Waals surface area contributed by atoms with E-state index in [1.54, 1.807) is 0 Å². The van der Waals surface area contributed by atoms with Crippen molar-refractivity contribution in [3.8, 4) is 0 Å². The van der Waals surface area contributed by atoms with Crippen LogP contribution in [0, 0.1) is 20.8 Å². The van der Waals surface area contributed by atoms with Crippen molar-refractivity contribution in [1.29, 1.82) is 0 Å². The third kappa shape index (κ3) is 3.74. The summed E-state index contributed by atoms with van der Waals surface area (Å²) in [6.07, 6.45) is 7.59. The van der Waals surface area contributed by atoms with Gasteiger partial charge in [0.15, 0.2) is 0 Å². The van der Waals surface area contributed by atoms with Gasteiger partial charge in [-0.25, -0.2) is 0 Å². The van der Waals surface area contributed by atoms with Crippen LogP contribution in [0.25, 0.3) is 0 Å². The van der Waals surface area contributed by atoms with Crippen molar-refractivity contribution in [2.45, 2.75) is 77.8 Å². The maximum Gasteiger partial charge on any atom is 0.353 e. The van der Waals surface area contributed by atoms with Crippen molar-refractivity contribution in [2.75, 3.05) is 6.16 Å². The molecule has 1 aliphatic carbocycles. The lowest BCUT2D eigenvalue weighted by Gasteiger charge is -2.20. The monoisotopic (exact) mass is 333 g/mol. The summed E-state index contributed by atoms with van der Waals surface area (Å²) in [5, 5.41) is -0.589. The Hall–Kier alpha value is -1.01. The highest BCUT2D eigenvalue weighted by Crippen LogP contribution is 2.53. The van der Waals surface area contributed by atoms with Crippen LogP contribution in [0.2, 0.25) is 0 Å². The molecule has 0 saturated heterocycles. The standard InChI is InChI=1S/C20H30O2P/c1-5-6-9-12-23(22)20(10-7-8-11-20)19(21)18-16(3)13-15(2)14-17(18)4/h13-14H,5-12H2,1-4H3/q+1. The second-order valence-corrected chi connectivity index (χ2v) is 9.21. The molecule has 0 heterocycles. The molecule has 1 atom stereocenters. The van der Waals surface area contributed by atoms with Gasteiger partial charge in [-0.2, -0.15) is 0 Å². The molecule has 1 aromatic rings. The Balaban J connectivity index is 2.34. The fourth-order valence-corrected chi connectivity index (χ4v) is 6.13. The molecule has 2 nitrogen and oxygen atoms in total. The van der Waals surface area contributed by atoms with Crippen molar-refractivity contribution in [3.05, 3.63) is 34.4 Å². The molecule has 0 aromatic heterocycles. The van der Waals surface area contributed by atoms with Crippen molar-refractivity contribution < 1.29 is 9.36 Å². The van der Waals surface area contributed by atoms with E-state index in [1.165, 1.54) is 5.56 Å². The Morgan fingerprint density at radius 2 is 1.65 bits per heavy atom. The average molecular weight is 333 g/mol. The van der Waals surface area contributed by atoms with Gasteiger partial charge in [0.2, 0.25) is 10.9 Å². The van der Waals surface area contributed by atoms with Gasteiger partial charge >= 0.3 is 7.80 Å². The molecule has 3 heteroatoms. The van der Waals surface area contributed by atoms with Crippen LogP contribution in [0.5, 0.6) is 0 Å². The largest absolute Gasteiger partial charge is 0.353 e. The molecule has 2 rings (SSSR count). The van der Waals surface area contributed by atoms with Gasteiger partial charge in [0.1, 0.15) is 6.16 Å². The van der Waals surface area contributed by atoms with Crippen molar-refractivity contribution in [2.24, 2.45) is 0 Å². The molecule has 0 aliphatic heterocycles. The van der Waals surface area contributed by atoms with Gasteiger partial charge in [0.25, 0.3) is 0 Å². The summed E-state index contributed by atoms with van der Waals surface area (Å²) < 4.78 is 13.1. The minimum atomic E-state index is -1.47. The first-order chi connectivity index (χ1) is 10.9. The predicted octanol–water partition coefficient (Wildman–Crippen LogP) is 6.12. The number of benzene rings is 1. The SMILES string of the molecule is CCCCC[P+](=O)C1(C(=O)c2c(C)cc(C)cc2C)CCCC1. The first-order valence-corrected chi connectivity index (χ1v) is 10.4. The van der Waals surface area contributed by atoms with E-state index in [4.69, 9.17) is 0 Å². The molecule has 0 spiro atoms. The fraction of sp³-hybridized carbons (Fsp3) is 0.650. The zero-order valence-corrected chi connectivity index (χ0v) is 16.0. The summed E-state index contributed by atoms with van der Waals surface area (Å²) in [5.74, 6) is 0.155. The zero-order chi connectivity index (χ0) is 17.0. The summed E-state index contributed by atoms with van der Waals surface area (Å²) in [7, 11) is -1.47. The number of rotatable bonds is 7. The highest BCUT2D eigenvalue weighted by molar-refractivity contribution is 7.48. The molecule has 1 aliphatic rings. The molecule has 0 amide bonds. The van der Waals surface area contributed by atoms with Crippen molar-refractivity contribution in [3.63, 3.8) is 0 Å². The molecular formula is C20H30O2P+. The number of unbranched alkanes of at least 4 members (excludes halogenated alkanes) is 2. The summed E-state index contributed by atoms with van der Waals surface area (Å²) >= 11 is 0. The highest BCUT2D eigenvalue weighted by Gasteiger charge is 2.56. The van der Waals surface area contributed by atoms with Crippen molar-refractivity contribution in [1.82, 2.24) is 0 Å². The number of aryl methyl sites for hydroxylation is 3. The first kappa shape index (κ1) is 18.3. The number of hydrogen-bond donors (Lipinski definition) is 0. The molecule has 1 aromatic carbocycles. The van der Waals surface area contributed by atoms with Gasteiger partial charge in [-0.1, -0.05) is 35.6 Å². The van der Waals surface area contributed by atoms with Crippen LogP contribution in [0.3, 0.4) is 0 Å². The van der Waals surface area contributed by atoms with Crippen LogP contribution < -0.4 is 0 Å². The third-order valence-electron chi connectivity index (χ3n) is 5.20. The van der Waals surface area contributed by atoms with Gasteiger partial charge in [-0.05, 0) is 57.6 Å². The Labute approximate surface area is 141 Å². The van der Waals surface area contributed by atoms with Crippen LogP contribution in [-0.2, 0) is 4.57 Å². The van der Waals surface area contributed by atoms with Gasteiger partial charge in [-0.3, -0.25) is 4.79 Å². The van der Waals surface area contributed by atoms with E-state index >= 15 is 0 Å². The fourth-order valence-electron chi connectivity index (χ4n) is 4.04. The predicted molar refractivity (Wildman–Crippen MR) is 98.2 cm³/mol. The molecule has 0 bridgehead atoms. The van der Waals surface area contributed by atoms with Crippen LogP contribution in [0.4, 0.5) is 0 Å². The van der Waals surface area contributed by atoms with E-state index in [9.17, 15) is 9.36 Å². The number of carbonyl (C=O) groups excluding carboxylic acids is 1. The molecule has 1 saturated carbocycles. The van der Waals surface area contributed by atoms with Gasteiger partial charge in [-0.15, -0.1) is 0 Å². The molecule has 1 unspecified atom stereocenters. The maximum absolute atomic E-state index is 13.4. The third-order valence-corrected chi connectivity index (χ3v) is 7.53. The maximum atomic E-state index is 13.4. The first-order valence-electron chi connectivity index (χ1n) is 9.00. The van der Waals surface area contributed by atoms with Gasteiger partial charge < -0.3 is 0 Å². The molecule has 0 radical (unpaired) electrons. The lowest BCUT2D eigenvalue weighted by Crippen LogP contribution is -2.33. The van der Waals surface area contributed by atoms with E-state index < -0.39 is 13.0 Å². The lowest BCUT2D eigenvalue weighted by atomic mass is 9.88.